The Balaban J connectivity index is 2.90. The summed E-state index contributed by atoms with van der Waals surface area (Å²) >= 11 is 0. The molecule has 0 spiro atoms. The molecule has 18 heavy (non-hydrogen) atoms. The smallest absolute Gasteiger partial charge is 0.233 e. The maximum Gasteiger partial charge on any atom is 0.233 e. The molecule has 4 nitrogen and oxygen atoms in total. The summed E-state index contributed by atoms with van der Waals surface area (Å²) in [6.07, 6.45) is 0. The molecule has 0 saturated heterocycles. The molecule has 1 unspecified atom stereocenters. The van der Waals surface area contributed by atoms with Gasteiger partial charge in [-0.1, -0.05) is 18.2 Å². The molecular weight excluding hydrogens is 226 g/mol. The van der Waals surface area contributed by atoms with Crippen molar-refractivity contribution >= 4 is 11.9 Å². The molecular formula is C14H21N3O. The monoisotopic (exact) mass is 247 g/mol. The summed E-state index contributed by atoms with van der Waals surface area (Å²) < 4.78 is 0. The van der Waals surface area contributed by atoms with Gasteiger partial charge in [0.25, 0.3) is 0 Å². The first kappa shape index (κ1) is 14.2. The predicted molar refractivity (Wildman–Crippen MR) is 74.6 cm³/mol. The molecule has 1 aromatic carbocycles. The molecule has 1 aromatic rings. The van der Waals surface area contributed by atoms with Gasteiger partial charge in [0.15, 0.2) is 5.96 Å². The van der Waals surface area contributed by atoms with Gasteiger partial charge in [0, 0.05) is 6.54 Å². The standard InChI is InChI=1S/C14H21N3O/c1-5-16-14(15)17-13(18)11(4)12-9(2)7-6-8-10(12)3/h6-8,11H,5H2,1-4H3,(H3,15,16,17,18). The Labute approximate surface area is 108 Å². The molecule has 1 amide bonds. The lowest BCUT2D eigenvalue weighted by Gasteiger charge is -2.17. The lowest BCUT2D eigenvalue weighted by atomic mass is 9.91. The first-order chi connectivity index (χ1) is 8.47. The van der Waals surface area contributed by atoms with Crippen LogP contribution in [0.3, 0.4) is 0 Å². The molecule has 0 radical (unpaired) electrons. The molecule has 1 atom stereocenters. The molecule has 3 N–H and O–H groups in total. The van der Waals surface area contributed by atoms with Crippen LogP contribution in [0.2, 0.25) is 0 Å². The highest BCUT2D eigenvalue weighted by molar-refractivity contribution is 5.99. The van der Waals surface area contributed by atoms with Crippen molar-refractivity contribution in [1.29, 1.82) is 0 Å². The molecule has 98 valence electrons. The number of nitrogens with two attached hydrogens (primary N) is 1. The minimum absolute atomic E-state index is 0.123. The van der Waals surface area contributed by atoms with Crippen LogP contribution in [-0.4, -0.2) is 18.4 Å². The average Bonchev–Trinajstić information content (AvgIpc) is 2.28. The number of benzene rings is 1. The number of guanidine groups is 1. The maximum atomic E-state index is 12.1. The van der Waals surface area contributed by atoms with Crippen LogP contribution in [-0.2, 0) is 4.79 Å². The molecule has 0 aliphatic heterocycles. The van der Waals surface area contributed by atoms with Gasteiger partial charge in [-0.25, -0.2) is 0 Å². The van der Waals surface area contributed by atoms with E-state index in [1.807, 2.05) is 45.9 Å². The zero-order chi connectivity index (χ0) is 13.7. The van der Waals surface area contributed by atoms with Crippen molar-refractivity contribution in [3.8, 4) is 0 Å². The van der Waals surface area contributed by atoms with Crippen molar-refractivity contribution in [3.63, 3.8) is 0 Å². The number of hydrogen-bond acceptors (Lipinski definition) is 2. The molecule has 0 aromatic heterocycles. The van der Waals surface area contributed by atoms with Crippen molar-refractivity contribution < 1.29 is 4.79 Å². The number of carbonyl (C=O) groups excluding carboxylic acids is 1. The van der Waals surface area contributed by atoms with E-state index in [1.165, 1.54) is 0 Å². The van der Waals surface area contributed by atoms with Gasteiger partial charge in [0.2, 0.25) is 5.91 Å². The fourth-order valence-electron chi connectivity index (χ4n) is 2.09. The van der Waals surface area contributed by atoms with E-state index in [2.05, 4.69) is 10.3 Å². The van der Waals surface area contributed by atoms with E-state index in [1.54, 1.807) is 0 Å². The Morgan fingerprint density at radius 2 is 1.94 bits per heavy atom. The highest BCUT2D eigenvalue weighted by atomic mass is 16.2. The fraction of sp³-hybridized carbons (Fsp3) is 0.429. The van der Waals surface area contributed by atoms with Gasteiger partial charge in [-0.05, 0) is 44.4 Å². The summed E-state index contributed by atoms with van der Waals surface area (Å²) in [5.41, 5.74) is 8.88. The van der Waals surface area contributed by atoms with E-state index in [0.29, 0.717) is 6.54 Å². The van der Waals surface area contributed by atoms with Gasteiger partial charge >= 0.3 is 0 Å². The van der Waals surface area contributed by atoms with Gasteiger partial charge in [0.05, 0.1) is 5.92 Å². The average molecular weight is 247 g/mol. The van der Waals surface area contributed by atoms with Crippen molar-refractivity contribution in [1.82, 2.24) is 5.32 Å². The second-order valence-electron chi connectivity index (χ2n) is 4.38. The second kappa shape index (κ2) is 6.19. The molecule has 0 bridgehead atoms. The van der Waals surface area contributed by atoms with Gasteiger partial charge in [-0.3, -0.25) is 15.1 Å². The number of rotatable bonds is 3. The highest BCUT2D eigenvalue weighted by Gasteiger charge is 2.19. The minimum Gasteiger partial charge on any atom is -0.370 e. The van der Waals surface area contributed by atoms with E-state index in [0.717, 1.165) is 16.7 Å². The van der Waals surface area contributed by atoms with Crippen LogP contribution in [0.5, 0.6) is 0 Å². The molecule has 1 rings (SSSR count). The number of hydrogen-bond donors (Lipinski definition) is 2. The normalized spacial score (nSPS) is 13.2. The number of aryl methyl sites for hydroxylation is 2. The zero-order valence-corrected chi connectivity index (χ0v) is 11.4. The fourth-order valence-corrected chi connectivity index (χ4v) is 2.09. The van der Waals surface area contributed by atoms with Crippen LogP contribution in [0, 0.1) is 13.8 Å². The molecule has 4 heteroatoms. The zero-order valence-electron chi connectivity index (χ0n) is 11.4. The summed E-state index contributed by atoms with van der Waals surface area (Å²) in [6, 6.07) is 6.01. The Morgan fingerprint density at radius 1 is 1.39 bits per heavy atom. The van der Waals surface area contributed by atoms with E-state index < -0.39 is 0 Å². The Bertz CT molecular complexity index is 446. The number of carbonyl (C=O) groups is 1. The summed E-state index contributed by atoms with van der Waals surface area (Å²) in [5, 5.41) is 2.62. The van der Waals surface area contributed by atoms with E-state index in [4.69, 9.17) is 5.73 Å². The SMILES string of the molecule is CCN=C(N)NC(=O)C(C)c1c(C)cccc1C. The summed E-state index contributed by atoms with van der Waals surface area (Å²) in [4.78, 5) is 16.0. The number of nitrogens with one attached hydrogen (secondary N) is 1. The Morgan fingerprint density at radius 3 is 2.44 bits per heavy atom. The molecule has 0 heterocycles. The summed E-state index contributed by atoms with van der Waals surface area (Å²) in [7, 11) is 0. The van der Waals surface area contributed by atoms with Gasteiger partial charge in [0.1, 0.15) is 0 Å². The second-order valence-corrected chi connectivity index (χ2v) is 4.38. The molecule has 0 fully saturated rings. The lowest BCUT2D eigenvalue weighted by molar-refractivity contribution is -0.120. The topological polar surface area (TPSA) is 67.5 Å². The third kappa shape index (κ3) is 3.32. The molecule has 0 saturated carbocycles. The summed E-state index contributed by atoms with van der Waals surface area (Å²) in [5.74, 6) is -0.181. The van der Waals surface area contributed by atoms with Crippen LogP contribution < -0.4 is 11.1 Å². The van der Waals surface area contributed by atoms with Crippen LogP contribution in [0.1, 0.15) is 36.5 Å². The van der Waals surface area contributed by atoms with Crippen molar-refractivity contribution in [2.24, 2.45) is 10.7 Å². The summed E-state index contributed by atoms with van der Waals surface area (Å²) in [6.45, 7) is 8.33. The Hall–Kier alpha value is -1.84. The quantitative estimate of drug-likeness (QED) is 0.632. The van der Waals surface area contributed by atoms with Gasteiger partial charge < -0.3 is 5.73 Å². The molecule has 0 aliphatic rings. The Kier molecular flexibility index (Phi) is 4.89. The largest absolute Gasteiger partial charge is 0.370 e. The van der Waals surface area contributed by atoms with E-state index in [-0.39, 0.29) is 17.8 Å². The highest BCUT2D eigenvalue weighted by Crippen LogP contribution is 2.23. The van der Waals surface area contributed by atoms with Crippen LogP contribution in [0.15, 0.2) is 23.2 Å². The number of aliphatic imine (C=N–C) groups is 1. The van der Waals surface area contributed by atoms with Crippen LogP contribution in [0.25, 0.3) is 0 Å². The minimum atomic E-state index is -0.239. The predicted octanol–water partition coefficient (Wildman–Crippen LogP) is 1.86. The number of amides is 1. The van der Waals surface area contributed by atoms with E-state index >= 15 is 0 Å². The van der Waals surface area contributed by atoms with Crippen molar-refractivity contribution in [2.45, 2.75) is 33.6 Å². The van der Waals surface area contributed by atoms with Crippen LogP contribution >= 0.6 is 0 Å². The third-order valence-corrected chi connectivity index (χ3v) is 2.95. The molecule has 0 aliphatic carbocycles. The van der Waals surface area contributed by atoms with Crippen molar-refractivity contribution in [3.05, 3.63) is 34.9 Å². The van der Waals surface area contributed by atoms with Crippen molar-refractivity contribution in [2.75, 3.05) is 6.54 Å². The van der Waals surface area contributed by atoms with Crippen LogP contribution in [0.4, 0.5) is 0 Å². The van der Waals surface area contributed by atoms with Gasteiger partial charge in [-0.15, -0.1) is 0 Å². The maximum absolute atomic E-state index is 12.1. The third-order valence-electron chi connectivity index (χ3n) is 2.95. The van der Waals surface area contributed by atoms with Gasteiger partial charge in [-0.2, -0.15) is 0 Å². The lowest BCUT2D eigenvalue weighted by Crippen LogP contribution is -2.39. The first-order valence-corrected chi connectivity index (χ1v) is 6.14. The first-order valence-electron chi connectivity index (χ1n) is 6.14. The van der Waals surface area contributed by atoms with E-state index in [9.17, 15) is 4.79 Å². The number of nitrogens with zero attached hydrogens (tertiary/aromatic N) is 1.